The van der Waals surface area contributed by atoms with E-state index in [0.717, 1.165) is 0 Å². The second-order valence-corrected chi connectivity index (χ2v) is 3.61. The third-order valence-electron chi connectivity index (χ3n) is 2.59. The maximum atomic E-state index is 12.3. The smallest absolute Gasteiger partial charge is 0.197 e. The Balaban J connectivity index is 2.48. The SMILES string of the molecule is COc1cccc(C(=O)c2ccncc2)c1OC. The molecule has 18 heavy (non-hydrogen) atoms. The van der Waals surface area contributed by atoms with Crippen LogP contribution < -0.4 is 9.47 Å². The summed E-state index contributed by atoms with van der Waals surface area (Å²) in [6, 6.07) is 8.56. The van der Waals surface area contributed by atoms with Gasteiger partial charge in [-0.2, -0.15) is 0 Å². The van der Waals surface area contributed by atoms with E-state index in [0.29, 0.717) is 22.6 Å². The molecule has 0 saturated carbocycles. The Morgan fingerprint density at radius 2 is 1.78 bits per heavy atom. The van der Waals surface area contributed by atoms with Crippen molar-refractivity contribution >= 4 is 5.78 Å². The van der Waals surface area contributed by atoms with E-state index in [4.69, 9.17) is 9.47 Å². The van der Waals surface area contributed by atoms with Crippen LogP contribution in [0.25, 0.3) is 0 Å². The number of carbonyl (C=O) groups is 1. The third kappa shape index (κ3) is 2.18. The summed E-state index contributed by atoms with van der Waals surface area (Å²) < 4.78 is 10.4. The molecule has 0 amide bonds. The lowest BCUT2D eigenvalue weighted by molar-refractivity contribution is 0.103. The minimum atomic E-state index is -0.117. The van der Waals surface area contributed by atoms with Gasteiger partial charge in [-0.15, -0.1) is 0 Å². The van der Waals surface area contributed by atoms with Crippen LogP contribution in [-0.2, 0) is 0 Å². The standard InChI is InChI=1S/C14H13NO3/c1-17-12-5-3-4-11(14(12)18-2)13(16)10-6-8-15-9-7-10/h3-9H,1-2H3. The lowest BCUT2D eigenvalue weighted by Gasteiger charge is -2.11. The zero-order valence-electron chi connectivity index (χ0n) is 10.2. The largest absolute Gasteiger partial charge is 0.493 e. The van der Waals surface area contributed by atoms with Crippen molar-refractivity contribution in [2.75, 3.05) is 14.2 Å². The second kappa shape index (κ2) is 5.31. The highest BCUT2D eigenvalue weighted by atomic mass is 16.5. The van der Waals surface area contributed by atoms with Crippen LogP contribution in [0, 0.1) is 0 Å². The first-order valence-corrected chi connectivity index (χ1v) is 5.43. The Morgan fingerprint density at radius 3 is 2.39 bits per heavy atom. The van der Waals surface area contributed by atoms with E-state index in [1.165, 1.54) is 7.11 Å². The number of ether oxygens (including phenoxy) is 2. The Hall–Kier alpha value is -2.36. The number of para-hydroxylation sites is 1. The average Bonchev–Trinajstić information content (AvgIpc) is 2.46. The minimum Gasteiger partial charge on any atom is -0.493 e. The van der Waals surface area contributed by atoms with Crippen LogP contribution in [0.5, 0.6) is 11.5 Å². The number of aromatic nitrogens is 1. The summed E-state index contributed by atoms with van der Waals surface area (Å²) in [5.74, 6) is 0.868. The summed E-state index contributed by atoms with van der Waals surface area (Å²) in [7, 11) is 3.06. The first kappa shape index (κ1) is 12.1. The average molecular weight is 243 g/mol. The predicted octanol–water partition coefficient (Wildman–Crippen LogP) is 2.33. The first-order valence-electron chi connectivity index (χ1n) is 5.43. The van der Waals surface area contributed by atoms with Crippen molar-refractivity contribution in [1.82, 2.24) is 4.98 Å². The highest BCUT2D eigenvalue weighted by molar-refractivity contribution is 6.11. The second-order valence-electron chi connectivity index (χ2n) is 3.61. The van der Waals surface area contributed by atoms with Gasteiger partial charge in [-0.25, -0.2) is 0 Å². The van der Waals surface area contributed by atoms with Crippen molar-refractivity contribution in [2.24, 2.45) is 0 Å². The van der Waals surface area contributed by atoms with Crippen LogP contribution in [0.4, 0.5) is 0 Å². The Bertz CT molecular complexity index is 552. The zero-order chi connectivity index (χ0) is 13.0. The van der Waals surface area contributed by atoms with Gasteiger partial charge in [-0.05, 0) is 24.3 Å². The summed E-state index contributed by atoms with van der Waals surface area (Å²) in [5, 5.41) is 0. The highest BCUT2D eigenvalue weighted by Crippen LogP contribution is 2.31. The van der Waals surface area contributed by atoms with E-state index in [2.05, 4.69) is 4.98 Å². The van der Waals surface area contributed by atoms with Crippen LogP contribution in [0.3, 0.4) is 0 Å². The monoisotopic (exact) mass is 243 g/mol. The molecule has 0 atom stereocenters. The summed E-state index contributed by atoms with van der Waals surface area (Å²) in [6.45, 7) is 0. The van der Waals surface area contributed by atoms with Crippen LogP contribution in [0.2, 0.25) is 0 Å². The number of hydrogen-bond donors (Lipinski definition) is 0. The fourth-order valence-electron chi connectivity index (χ4n) is 1.72. The van der Waals surface area contributed by atoms with Crippen LogP contribution in [0.15, 0.2) is 42.7 Å². The van der Waals surface area contributed by atoms with E-state index < -0.39 is 0 Å². The van der Waals surface area contributed by atoms with Crippen molar-refractivity contribution in [3.8, 4) is 11.5 Å². The fraction of sp³-hybridized carbons (Fsp3) is 0.143. The number of rotatable bonds is 4. The summed E-state index contributed by atoms with van der Waals surface area (Å²) >= 11 is 0. The molecule has 4 heteroatoms. The molecule has 0 fully saturated rings. The normalized spacial score (nSPS) is 9.89. The topological polar surface area (TPSA) is 48.4 Å². The van der Waals surface area contributed by atoms with Gasteiger partial charge in [0.2, 0.25) is 0 Å². The maximum Gasteiger partial charge on any atom is 0.197 e. The van der Waals surface area contributed by atoms with E-state index >= 15 is 0 Å². The molecule has 0 spiro atoms. The summed E-state index contributed by atoms with van der Waals surface area (Å²) in [5.41, 5.74) is 1.04. The van der Waals surface area contributed by atoms with Crippen molar-refractivity contribution in [2.45, 2.75) is 0 Å². The number of pyridine rings is 1. The van der Waals surface area contributed by atoms with E-state index in [9.17, 15) is 4.79 Å². The van der Waals surface area contributed by atoms with Gasteiger partial charge in [-0.1, -0.05) is 6.07 Å². The molecule has 2 rings (SSSR count). The molecule has 1 aromatic heterocycles. The Labute approximate surface area is 105 Å². The van der Waals surface area contributed by atoms with Gasteiger partial charge in [0.05, 0.1) is 19.8 Å². The molecule has 0 N–H and O–H groups in total. The molecule has 0 bridgehead atoms. The first-order chi connectivity index (χ1) is 8.77. The quantitative estimate of drug-likeness (QED) is 0.773. The molecule has 0 aliphatic carbocycles. The van der Waals surface area contributed by atoms with E-state index in [1.807, 2.05) is 0 Å². The number of hydrogen-bond acceptors (Lipinski definition) is 4. The number of nitrogens with zero attached hydrogens (tertiary/aromatic N) is 1. The molecule has 1 heterocycles. The molecule has 0 saturated heterocycles. The molecular weight excluding hydrogens is 230 g/mol. The summed E-state index contributed by atoms with van der Waals surface area (Å²) in [4.78, 5) is 16.2. The Morgan fingerprint density at radius 1 is 1.06 bits per heavy atom. The molecule has 0 unspecified atom stereocenters. The molecular formula is C14H13NO3. The van der Waals surface area contributed by atoms with Gasteiger partial charge in [0, 0.05) is 18.0 Å². The van der Waals surface area contributed by atoms with Crippen LogP contribution in [-0.4, -0.2) is 25.0 Å². The van der Waals surface area contributed by atoms with Crippen molar-refractivity contribution in [3.63, 3.8) is 0 Å². The van der Waals surface area contributed by atoms with Gasteiger partial charge in [0.1, 0.15) is 0 Å². The van der Waals surface area contributed by atoms with Gasteiger partial charge < -0.3 is 9.47 Å². The summed E-state index contributed by atoms with van der Waals surface area (Å²) in [6.07, 6.45) is 3.17. The van der Waals surface area contributed by atoms with Gasteiger partial charge in [0.25, 0.3) is 0 Å². The molecule has 92 valence electrons. The van der Waals surface area contributed by atoms with Crippen LogP contribution >= 0.6 is 0 Å². The van der Waals surface area contributed by atoms with Crippen molar-refractivity contribution in [3.05, 3.63) is 53.9 Å². The van der Waals surface area contributed by atoms with E-state index in [-0.39, 0.29) is 5.78 Å². The van der Waals surface area contributed by atoms with Gasteiger partial charge in [0.15, 0.2) is 17.3 Å². The minimum absolute atomic E-state index is 0.117. The lowest BCUT2D eigenvalue weighted by atomic mass is 10.0. The third-order valence-corrected chi connectivity index (χ3v) is 2.59. The van der Waals surface area contributed by atoms with Crippen molar-refractivity contribution < 1.29 is 14.3 Å². The fourth-order valence-corrected chi connectivity index (χ4v) is 1.72. The van der Waals surface area contributed by atoms with E-state index in [1.54, 1.807) is 49.8 Å². The number of methoxy groups -OCH3 is 2. The molecule has 2 aromatic rings. The number of carbonyl (C=O) groups excluding carboxylic acids is 1. The highest BCUT2D eigenvalue weighted by Gasteiger charge is 2.17. The molecule has 0 aliphatic rings. The van der Waals surface area contributed by atoms with Gasteiger partial charge in [-0.3, -0.25) is 9.78 Å². The lowest BCUT2D eigenvalue weighted by Crippen LogP contribution is -2.05. The van der Waals surface area contributed by atoms with Crippen LogP contribution in [0.1, 0.15) is 15.9 Å². The zero-order valence-corrected chi connectivity index (χ0v) is 10.2. The van der Waals surface area contributed by atoms with Gasteiger partial charge >= 0.3 is 0 Å². The predicted molar refractivity (Wildman–Crippen MR) is 67.2 cm³/mol. The Kier molecular flexibility index (Phi) is 3.57. The number of benzene rings is 1. The number of ketones is 1. The van der Waals surface area contributed by atoms with Crippen molar-refractivity contribution in [1.29, 1.82) is 0 Å². The maximum absolute atomic E-state index is 12.3. The molecule has 0 radical (unpaired) electrons. The molecule has 0 aliphatic heterocycles. The molecule has 4 nitrogen and oxygen atoms in total. The molecule has 1 aromatic carbocycles.